The molecule has 6 aliphatic heterocycles. The summed E-state index contributed by atoms with van der Waals surface area (Å²) in [5, 5.41) is 49.5. The molecule has 0 aromatic heterocycles. The molecule has 18 bridgehead atoms. The van der Waals surface area contributed by atoms with Crippen LogP contribution in [0, 0.1) is 109 Å². The molecule has 6 saturated carbocycles. The van der Waals surface area contributed by atoms with Gasteiger partial charge in [0.15, 0.2) is 0 Å². The zero-order valence-electron chi connectivity index (χ0n) is 54.2. The molecule has 6 heterocycles. The Labute approximate surface area is 537 Å². The molecule has 6 nitrogen and oxygen atoms in total. The van der Waals surface area contributed by atoms with Crippen molar-refractivity contribution in [1.82, 2.24) is 10.6 Å². The maximum Gasteiger partial charge on any atom is 0.306 e. The molecule has 470 valence electrons. The third-order valence-corrected chi connectivity index (χ3v) is 29.7. The first-order valence-corrected chi connectivity index (χ1v) is 36.4. The minimum atomic E-state index is -0.771. The number of rotatable bonds is 4. The number of aliphatic hydroxyl groups excluding tert-OH is 2. The highest BCUT2D eigenvalue weighted by molar-refractivity contribution is 5.78. The van der Waals surface area contributed by atoms with Crippen molar-refractivity contribution in [1.29, 1.82) is 0 Å². The second kappa shape index (κ2) is 21.5. The number of carboxylic acid groups (broad SMARTS) is 1. The molecule has 18 atom stereocenters. The lowest BCUT2D eigenvalue weighted by molar-refractivity contribution is -0.170. The predicted molar refractivity (Wildman–Crippen MR) is 361 cm³/mol. The number of benzene rings is 3. The van der Waals surface area contributed by atoms with Gasteiger partial charge in [0.05, 0.1) is 29.9 Å². The summed E-state index contributed by atoms with van der Waals surface area (Å²) in [7, 11) is 0. The number of hydrogen-bond acceptors (Lipinski definition) is 5. The van der Waals surface area contributed by atoms with Gasteiger partial charge in [0, 0.05) is 53.0 Å². The standard InChI is InChI=1S/C84H100N2O4/c1-53-27-29-65(76(89)90)74-71(87)51-84-62-48-80(81(49-62)39-32-57(47-81)42-54-16-6-4-7-17-54)38-31-55(46-80)18-13-26-68-75(84)69(33-37-79(74,84)3)83-40-34-72(88)78(2)35-15-36-82(68,77(78)83)50-67-66(64-24-11-10-22-60(64)45-70(67)83)44-56-19-12-23-59(43-56)61-28-30-73(86-52-61)85-41-14-25-63(53)58-20-8-5-9-21-58/h4,6-7,10-12,15-17,19,22-24,28,30,36,43,45,50,55,57-58,62-63,65,68,70-72,74,77,85-88H,1,5,8-9,14,18,20-21,25,27,29,31-35,37-42,44,46-49,51-52H2,2-3H3,(H,89,90). The average Bonchev–Trinajstić information content (AvgIpc) is 1.03. The largest absolute Gasteiger partial charge is 0.481 e. The van der Waals surface area contributed by atoms with Gasteiger partial charge in [-0.2, -0.15) is 0 Å². The van der Waals surface area contributed by atoms with Gasteiger partial charge < -0.3 is 26.0 Å². The first kappa shape index (κ1) is 58.2. The number of hydrogen-bond donors (Lipinski definition) is 5. The summed E-state index contributed by atoms with van der Waals surface area (Å²) in [6.45, 7) is 11.7. The van der Waals surface area contributed by atoms with E-state index in [0.717, 1.165) is 83.1 Å². The Morgan fingerprint density at radius 2 is 1.61 bits per heavy atom. The quantitative estimate of drug-likeness (QED) is 0.132. The molecule has 6 heteroatoms. The minimum Gasteiger partial charge on any atom is -0.481 e. The Morgan fingerprint density at radius 1 is 0.789 bits per heavy atom. The number of fused-ring (bicyclic) bond motifs is 3. The second-order valence-corrected chi connectivity index (χ2v) is 33.3. The summed E-state index contributed by atoms with van der Waals surface area (Å²) in [5.74, 6) is 10.3. The van der Waals surface area contributed by atoms with E-state index in [1.165, 1.54) is 133 Å². The van der Waals surface area contributed by atoms with Gasteiger partial charge in [0.1, 0.15) is 0 Å². The Balaban J connectivity index is 0.902. The Hall–Kier alpha value is -5.61. The van der Waals surface area contributed by atoms with Crippen molar-refractivity contribution >= 4 is 23.2 Å². The smallest absolute Gasteiger partial charge is 0.306 e. The SMILES string of the molecule is C=C1CCC(C(=O)O)C2C(O)CC34C5=C(CCC23C)C23CCC(O)C6(C)CC=CC(C=C7C(=c8ccccc8=CC72)Cc2cccc(c2)C2=CC=C(NCCCC1C1CCCCC1)NC2)(C5C#CCC1CCC2(C1)CC4CC21CCC(Cc2ccccc2)C1)C63. The summed E-state index contributed by atoms with van der Waals surface area (Å²) in [5.41, 5.74) is 10.8. The van der Waals surface area contributed by atoms with Gasteiger partial charge in [-0.25, -0.2) is 0 Å². The summed E-state index contributed by atoms with van der Waals surface area (Å²) >= 11 is 0. The van der Waals surface area contributed by atoms with Crippen LogP contribution in [0.4, 0.5) is 0 Å². The van der Waals surface area contributed by atoms with Crippen molar-refractivity contribution in [2.24, 2.45) is 97.1 Å². The number of dihydropyridines is 1. The predicted octanol–water partition coefficient (Wildman–Crippen LogP) is 15.3. The molecule has 12 aliphatic carbocycles. The van der Waals surface area contributed by atoms with Crippen LogP contribution in [-0.4, -0.2) is 46.6 Å². The van der Waals surface area contributed by atoms with Crippen LogP contribution in [0.1, 0.15) is 185 Å². The van der Waals surface area contributed by atoms with Crippen molar-refractivity contribution in [2.75, 3.05) is 13.1 Å². The van der Waals surface area contributed by atoms with Crippen LogP contribution in [0.3, 0.4) is 0 Å². The van der Waals surface area contributed by atoms with Crippen LogP contribution in [0.5, 0.6) is 0 Å². The van der Waals surface area contributed by atoms with Gasteiger partial charge in [-0.3, -0.25) is 4.79 Å². The van der Waals surface area contributed by atoms with E-state index in [-0.39, 0.29) is 39.9 Å². The highest BCUT2D eigenvalue weighted by Gasteiger charge is 2.80. The monoisotopic (exact) mass is 1200 g/mol. The van der Waals surface area contributed by atoms with Gasteiger partial charge in [-0.1, -0.05) is 166 Å². The molecule has 0 radical (unpaired) electrons. The zero-order valence-corrected chi connectivity index (χ0v) is 54.2. The van der Waals surface area contributed by atoms with Crippen LogP contribution < -0.4 is 21.1 Å². The number of carbonyl (C=O) groups is 1. The Kier molecular flexibility index (Phi) is 13.9. The average molecular weight is 1200 g/mol. The van der Waals surface area contributed by atoms with Gasteiger partial charge in [0.2, 0.25) is 0 Å². The maximum atomic E-state index is 14.9. The van der Waals surface area contributed by atoms with Gasteiger partial charge in [-0.15, -0.1) is 5.92 Å². The van der Waals surface area contributed by atoms with Gasteiger partial charge >= 0.3 is 5.97 Å². The Bertz CT molecular complexity index is 3810. The fraction of sp³-hybridized carbons (Fsp3) is 0.583. The van der Waals surface area contributed by atoms with Crippen molar-refractivity contribution in [2.45, 2.75) is 193 Å². The Morgan fingerprint density at radius 3 is 2.44 bits per heavy atom. The van der Waals surface area contributed by atoms with Crippen molar-refractivity contribution in [3.63, 3.8) is 0 Å². The lowest BCUT2D eigenvalue weighted by Gasteiger charge is -2.74. The number of aliphatic carboxylic acids is 1. The lowest BCUT2D eigenvalue weighted by atomic mass is 9.29. The van der Waals surface area contributed by atoms with E-state index in [2.05, 4.69) is 152 Å². The molecule has 21 rings (SSSR count). The van der Waals surface area contributed by atoms with E-state index in [9.17, 15) is 20.1 Å². The van der Waals surface area contributed by atoms with E-state index in [1.807, 2.05) is 0 Å². The maximum absolute atomic E-state index is 14.9. The molecule has 6 fully saturated rings. The van der Waals surface area contributed by atoms with E-state index < -0.39 is 51.7 Å². The number of aliphatic hydroxyl groups is 2. The van der Waals surface area contributed by atoms with E-state index in [0.29, 0.717) is 42.9 Å². The molecule has 3 aromatic rings. The molecular weight excluding hydrogens is 1100 g/mol. The summed E-state index contributed by atoms with van der Waals surface area (Å²) in [6, 6.07) is 30.1. The summed E-state index contributed by atoms with van der Waals surface area (Å²) < 4.78 is 0. The summed E-state index contributed by atoms with van der Waals surface area (Å²) in [6.07, 6.45) is 41.2. The fourth-order valence-electron chi connectivity index (χ4n) is 26.3. The van der Waals surface area contributed by atoms with Crippen molar-refractivity contribution in [3.8, 4) is 11.8 Å². The second-order valence-electron chi connectivity index (χ2n) is 33.3. The minimum absolute atomic E-state index is 0.0702. The van der Waals surface area contributed by atoms with Crippen LogP contribution in [0.25, 0.3) is 17.2 Å². The highest BCUT2D eigenvalue weighted by Crippen LogP contribution is 2.85. The molecule has 0 saturated heterocycles. The first-order valence-electron chi connectivity index (χ1n) is 36.4. The number of nitrogens with one attached hydrogen (secondary N) is 2. The molecule has 18 unspecified atom stereocenters. The normalized spacial score (nSPS) is 43.0. The molecule has 3 aromatic carbocycles. The van der Waals surface area contributed by atoms with Crippen LogP contribution in [0.2, 0.25) is 0 Å². The van der Waals surface area contributed by atoms with E-state index in [4.69, 9.17) is 6.58 Å². The summed E-state index contributed by atoms with van der Waals surface area (Å²) in [4.78, 5) is 14.9. The lowest BCUT2D eigenvalue weighted by Crippen LogP contribution is -2.70. The van der Waals surface area contributed by atoms with Crippen LogP contribution >= 0.6 is 0 Å². The van der Waals surface area contributed by atoms with E-state index in [1.54, 1.807) is 11.1 Å². The third kappa shape index (κ3) is 8.37. The van der Waals surface area contributed by atoms with Crippen molar-refractivity contribution < 1.29 is 20.1 Å². The van der Waals surface area contributed by atoms with Crippen LogP contribution in [-0.2, 0) is 17.6 Å². The molecule has 0 amide bonds. The zero-order chi connectivity index (χ0) is 61.0. The first-order chi connectivity index (χ1) is 43.7. The van der Waals surface area contributed by atoms with Gasteiger partial charge in [0.25, 0.3) is 0 Å². The van der Waals surface area contributed by atoms with E-state index >= 15 is 0 Å². The molecule has 5 spiro atoms. The molecular formula is C84H100N2O4. The fourth-order valence-corrected chi connectivity index (χ4v) is 26.3. The van der Waals surface area contributed by atoms with Crippen LogP contribution in [0.15, 0.2) is 144 Å². The molecule has 5 N–H and O–H groups in total. The number of allylic oxidation sites excluding steroid dienone is 9. The topological polar surface area (TPSA) is 102 Å². The van der Waals surface area contributed by atoms with Crippen molar-refractivity contribution in [3.05, 3.63) is 171 Å². The van der Waals surface area contributed by atoms with Gasteiger partial charge in [-0.05, 0) is 249 Å². The highest BCUT2D eigenvalue weighted by atomic mass is 16.4. The molecule has 90 heavy (non-hydrogen) atoms. The third-order valence-electron chi connectivity index (χ3n) is 29.7. The molecule has 18 aliphatic rings. The number of carboxylic acids is 1.